The largest absolute Gasteiger partial charge is 0.497 e. The molecule has 0 spiro atoms. The molecule has 10 nitrogen and oxygen atoms in total. The number of hydrogen-bond donors (Lipinski definition) is 0. The lowest BCUT2D eigenvalue weighted by atomic mass is 9.99. The van der Waals surface area contributed by atoms with E-state index in [0.717, 1.165) is 135 Å². The van der Waals surface area contributed by atoms with Gasteiger partial charge in [0.1, 0.15) is 34.5 Å². The highest BCUT2D eigenvalue weighted by Crippen LogP contribution is 2.43. The van der Waals surface area contributed by atoms with Gasteiger partial charge in [0.25, 0.3) is 0 Å². The van der Waals surface area contributed by atoms with Crippen LogP contribution in [0.15, 0.2) is 255 Å². The molecule has 12 aromatic rings. The molecule has 12 rings (SSSR count). The summed E-state index contributed by atoms with van der Waals surface area (Å²) < 4.78 is 35.5. The van der Waals surface area contributed by atoms with Crippen molar-refractivity contribution in [1.29, 1.82) is 0 Å². The van der Waals surface area contributed by atoms with E-state index in [1.807, 2.05) is 72.8 Å². The summed E-state index contributed by atoms with van der Waals surface area (Å²) in [5.41, 5.74) is 16.7. The summed E-state index contributed by atoms with van der Waals surface area (Å²) in [4.78, 5) is 6.72. The van der Waals surface area contributed by atoms with E-state index in [-0.39, 0.29) is 0 Å². The third kappa shape index (κ3) is 10.3. The lowest BCUT2D eigenvalue weighted by molar-refractivity contribution is 0.414. The van der Waals surface area contributed by atoms with Crippen LogP contribution in [-0.4, -0.2) is 47.2 Å². The molecule has 10 heteroatoms. The summed E-state index contributed by atoms with van der Waals surface area (Å²) in [6.45, 7) is 0. The molecule has 0 aliphatic heterocycles. The first-order valence-electron chi connectivity index (χ1n) is 27.0. The smallest absolute Gasteiger partial charge is 0.119 e. The van der Waals surface area contributed by atoms with Crippen molar-refractivity contribution in [2.45, 2.75) is 0 Å². The third-order valence-electron chi connectivity index (χ3n) is 15.0. The van der Waals surface area contributed by atoms with Gasteiger partial charge in [-0.25, -0.2) is 0 Å². The van der Waals surface area contributed by atoms with Gasteiger partial charge in [-0.05, 0) is 241 Å². The van der Waals surface area contributed by atoms with E-state index >= 15 is 0 Å². The van der Waals surface area contributed by atoms with Gasteiger partial charge >= 0.3 is 0 Å². The van der Waals surface area contributed by atoms with Gasteiger partial charge in [-0.3, -0.25) is 0 Å². The van der Waals surface area contributed by atoms with Crippen molar-refractivity contribution < 1.29 is 28.4 Å². The first-order valence-corrected chi connectivity index (χ1v) is 27.0. The lowest BCUT2D eigenvalue weighted by Gasteiger charge is -2.26. The van der Waals surface area contributed by atoms with Crippen LogP contribution in [0.4, 0.5) is 51.2 Å². The molecule has 0 fully saturated rings. The van der Waals surface area contributed by atoms with Gasteiger partial charge in [0.05, 0.1) is 53.7 Å². The number of benzene rings is 11. The van der Waals surface area contributed by atoms with E-state index in [1.54, 1.807) is 42.7 Å². The molecule has 404 valence electrons. The number of nitrogens with zero attached hydrogens (tertiary/aromatic N) is 4. The molecule has 1 heterocycles. The van der Waals surface area contributed by atoms with E-state index in [9.17, 15) is 0 Å². The minimum absolute atomic E-state index is 0.794. The van der Waals surface area contributed by atoms with E-state index in [0.29, 0.717) is 0 Å². The fourth-order valence-electron chi connectivity index (χ4n) is 10.7. The standard InChI is InChI=1S/C72H60N4O6/c1-77-63-33-21-56(22-34-63)73(57-23-35-64(78-2)36-24-57)53-13-7-49(8-14-53)51-11-45-71-69(47-51)70-48-52(50-9-15-54(16-10-50)74(58-25-37-65(79-3)38-26-58)59-27-39-66(80-4)40-28-59)12-46-72(70)76(71)62-19-17-55(18-20-62)75(60-29-41-67(81-5)42-30-60)61-31-43-68(82-6)44-32-61/h7-48H,1-6H3. The van der Waals surface area contributed by atoms with Crippen molar-refractivity contribution in [1.82, 2.24) is 4.57 Å². The highest BCUT2D eigenvalue weighted by atomic mass is 16.5. The molecule has 11 aromatic carbocycles. The minimum Gasteiger partial charge on any atom is -0.497 e. The van der Waals surface area contributed by atoms with Gasteiger partial charge < -0.3 is 47.7 Å². The second kappa shape index (κ2) is 23.0. The number of aromatic nitrogens is 1. The van der Waals surface area contributed by atoms with Crippen LogP contribution >= 0.6 is 0 Å². The van der Waals surface area contributed by atoms with Crippen molar-refractivity contribution >= 4 is 73.0 Å². The quantitative estimate of drug-likeness (QED) is 0.0836. The number of ether oxygens (including phenoxy) is 6. The number of hydrogen-bond acceptors (Lipinski definition) is 9. The van der Waals surface area contributed by atoms with Crippen LogP contribution < -0.4 is 43.1 Å². The van der Waals surface area contributed by atoms with E-state index in [2.05, 4.69) is 201 Å². The number of anilines is 9. The average Bonchev–Trinajstić information content (AvgIpc) is 4.11. The fourth-order valence-corrected chi connectivity index (χ4v) is 10.7. The van der Waals surface area contributed by atoms with Crippen molar-refractivity contribution in [3.05, 3.63) is 255 Å². The van der Waals surface area contributed by atoms with Crippen LogP contribution in [0.1, 0.15) is 0 Å². The SMILES string of the molecule is COc1ccc(N(c2ccc(OC)cc2)c2ccc(-c3ccc4c(c3)c3cc(-c5ccc(N(c6ccc(OC)cc6)c6ccc(OC)cc6)cc5)ccc3n4-c3ccc(N(c4ccc(OC)cc4)c4ccc(OC)cc4)cc3)cc2)cc1. The Kier molecular flexibility index (Phi) is 14.6. The molecule has 1 aromatic heterocycles. The Morgan fingerprint density at radius 3 is 0.634 bits per heavy atom. The highest BCUT2D eigenvalue weighted by Gasteiger charge is 2.20. The molecule has 0 aliphatic rings. The van der Waals surface area contributed by atoms with E-state index in [1.165, 1.54) is 0 Å². The normalized spacial score (nSPS) is 11.0. The zero-order valence-corrected chi connectivity index (χ0v) is 46.5. The maximum atomic E-state index is 5.54. The summed E-state index contributed by atoms with van der Waals surface area (Å²) in [5.74, 6) is 4.78. The zero-order valence-electron chi connectivity index (χ0n) is 46.5. The van der Waals surface area contributed by atoms with E-state index in [4.69, 9.17) is 28.4 Å². The summed E-state index contributed by atoms with van der Waals surface area (Å²) in [6.07, 6.45) is 0. The summed E-state index contributed by atoms with van der Waals surface area (Å²) >= 11 is 0. The molecule has 0 saturated heterocycles. The topological polar surface area (TPSA) is 70.0 Å². The molecule has 0 unspecified atom stereocenters. The predicted molar refractivity (Wildman–Crippen MR) is 335 cm³/mol. The van der Waals surface area contributed by atoms with Crippen LogP contribution in [-0.2, 0) is 0 Å². The van der Waals surface area contributed by atoms with Gasteiger partial charge in [0.15, 0.2) is 0 Å². The second-order valence-electron chi connectivity index (χ2n) is 19.6. The van der Waals surface area contributed by atoms with Crippen LogP contribution in [0.5, 0.6) is 34.5 Å². The molecule has 0 bridgehead atoms. The molecule has 82 heavy (non-hydrogen) atoms. The Balaban J connectivity index is 0.953. The highest BCUT2D eigenvalue weighted by molar-refractivity contribution is 6.12. The van der Waals surface area contributed by atoms with E-state index < -0.39 is 0 Å². The summed E-state index contributed by atoms with van der Waals surface area (Å²) in [5, 5.41) is 2.28. The second-order valence-corrected chi connectivity index (χ2v) is 19.6. The number of rotatable bonds is 18. The maximum absolute atomic E-state index is 5.54. The monoisotopic (exact) mass is 1080 g/mol. The van der Waals surface area contributed by atoms with Crippen LogP contribution in [0.3, 0.4) is 0 Å². The van der Waals surface area contributed by atoms with Gasteiger partial charge in [0.2, 0.25) is 0 Å². The fraction of sp³-hybridized carbons (Fsp3) is 0.0833. The van der Waals surface area contributed by atoms with Crippen LogP contribution in [0.25, 0.3) is 49.7 Å². The third-order valence-corrected chi connectivity index (χ3v) is 15.0. The van der Waals surface area contributed by atoms with Gasteiger partial charge in [0, 0.05) is 67.6 Å². The summed E-state index contributed by atoms with van der Waals surface area (Å²) in [7, 11) is 10.1. The predicted octanol–water partition coefficient (Wildman–Crippen LogP) is 18.6. The van der Waals surface area contributed by atoms with Crippen molar-refractivity contribution in [2.75, 3.05) is 57.4 Å². The molecule has 0 N–H and O–H groups in total. The van der Waals surface area contributed by atoms with Crippen molar-refractivity contribution in [3.8, 4) is 62.4 Å². The van der Waals surface area contributed by atoms with Crippen LogP contribution in [0.2, 0.25) is 0 Å². The molecule has 0 saturated carbocycles. The maximum Gasteiger partial charge on any atom is 0.119 e. The van der Waals surface area contributed by atoms with Gasteiger partial charge in [-0.1, -0.05) is 36.4 Å². The Morgan fingerprint density at radius 1 is 0.220 bits per heavy atom. The molecule has 0 aliphatic carbocycles. The Hall–Kier alpha value is -10.6. The Morgan fingerprint density at radius 2 is 0.415 bits per heavy atom. The molecule has 0 amide bonds. The first kappa shape index (κ1) is 52.1. The first-order chi connectivity index (χ1) is 40.3. The average molecular weight is 1080 g/mol. The molecule has 0 atom stereocenters. The minimum atomic E-state index is 0.794. The number of fused-ring (bicyclic) bond motifs is 3. The molecular weight excluding hydrogens is 1020 g/mol. The van der Waals surface area contributed by atoms with Gasteiger partial charge in [-0.15, -0.1) is 0 Å². The Labute approximate surface area is 478 Å². The molecular formula is C72H60N4O6. The zero-order chi connectivity index (χ0) is 56.1. The van der Waals surface area contributed by atoms with Crippen LogP contribution in [0, 0.1) is 0 Å². The lowest BCUT2D eigenvalue weighted by Crippen LogP contribution is -2.10. The van der Waals surface area contributed by atoms with Crippen molar-refractivity contribution in [3.63, 3.8) is 0 Å². The Bertz CT molecular complexity index is 3770. The summed E-state index contributed by atoms with van der Waals surface area (Å²) in [6, 6.07) is 88.8. The number of methoxy groups -OCH3 is 6. The van der Waals surface area contributed by atoms with Crippen molar-refractivity contribution in [2.24, 2.45) is 0 Å². The molecule has 0 radical (unpaired) electrons. The van der Waals surface area contributed by atoms with Gasteiger partial charge in [-0.2, -0.15) is 0 Å².